The Morgan fingerprint density at radius 1 is 0.750 bits per heavy atom. The average molecular weight is 1040 g/mol. The van der Waals surface area contributed by atoms with Crippen molar-refractivity contribution in [2.45, 2.75) is 74.7 Å². The Labute approximate surface area is 417 Å². The molecule has 0 spiro atoms. The van der Waals surface area contributed by atoms with Gasteiger partial charge >= 0.3 is 18.3 Å². The van der Waals surface area contributed by atoms with E-state index in [1.165, 1.54) is 32.2 Å². The van der Waals surface area contributed by atoms with Crippen molar-refractivity contribution < 1.29 is 60.4 Å². The maximum atomic E-state index is 16.1. The maximum Gasteiger partial charge on any atom is 0.407 e. The third kappa shape index (κ3) is 14.7. The third-order valence-corrected chi connectivity index (χ3v) is 14.9. The Kier molecular flexibility index (Phi) is 17.9. The molecule has 1 aromatic heterocycles. The van der Waals surface area contributed by atoms with Gasteiger partial charge in [0.1, 0.15) is 32.6 Å². The number of nitrogens with one attached hydrogen (secondary N) is 4. The molecule has 1 fully saturated rings. The molecule has 1 aliphatic heterocycles. The van der Waals surface area contributed by atoms with E-state index in [1.54, 1.807) is 93.6 Å². The van der Waals surface area contributed by atoms with Crippen LogP contribution >= 0.6 is 0 Å². The van der Waals surface area contributed by atoms with E-state index in [1.807, 2.05) is 10.2 Å². The molecule has 2 heterocycles. The lowest BCUT2D eigenvalue weighted by atomic mass is 9.95. The summed E-state index contributed by atoms with van der Waals surface area (Å²) >= 11 is 0. The monoisotopic (exact) mass is 1040 g/mol. The van der Waals surface area contributed by atoms with Crippen LogP contribution in [0.4, 0.5) is 20.1 Å². The quantitative estimate of drug-likeness (QED) is 0.0546. The highest BCUT2D eigenvalue weighted by Crippen LogP contribution is 2.42. The van der Waals surface area contributed by atoms with E-state index >= 15 is 8.42 Å². The first-order chi connectivity index (χ1) is 34.2. The highest BCUT2D eigenvalue weighted by molar-refractivity contribution is 7.92. The Bertz CT molecular complexity index is 2820. The zero-order valence-electron chi connectivity index (χ0n) is 40.7. The van der Waals surface area contributed by atoms with E-state index in [0.717, 1.165) is 15.9 Å². The number of carbonyl (C=O) groups excluding carboxylic acids is 1. The minimum atomic E-state index is -5.03. The second-order valence-electron chi connectivity index (χ2n) is 17.7. The lowest BCUT2D eigenvalue weighted by Crippen LogP contribution is -2.49. The molecular formula is C47H60N10O13S2. The molecule has 0 unspecified atom stereocenters. The van der Waals surface area contributed by atoms with Crippen molar-refractivity contribution in [2.75, 3.05) is 59.0 Å². The number of carboxylic acid groups (broad SMARTS) is 2. The van der Waals surface area contributed by atoms with Gasteiger partial charge in [0.25, 0.3) is 0 Å². The summed E-state index contributed by atoms with van der Waals surface area (Å²) in [5.41, 5.74) is 1.16. The summed E-state index contributed by atoms with van der Waals surface area (Å²) in [6, 6.07) is 21.7. The number of nitrogens with zero attached hydrogens (tertiary/aromatic N) is 6. The number of methoxy groups -OCH3 is 3. The van der Waals surface area contributed by atoms with E-state index < -0.39 is 72.8 Å². The minimum absolute atomic E-state index is 0.000212. The summed E-state index contributed by atoms with van der Waals surface area (Å²) in [5, 5.41) is 39.1. The van der Waals surface area contributed by atoms with Gasteiger partial charge < -0.3 is 50.0 Å². The summed E-state index contributed by atoms with van der Waals surface area (Å²) in [7, 11) is -5.47. The number of sulfonamides is 2. The van der Waals surface area contributed by atoms with Crippen LogP contribution in [0.25, 0.3) is 11.4 Å². The van der Waals surface area contributed by atoms with Gasteiger partial charge in [0.2, 0.25) is 25.9 Å². The highest BCUT2D eigenvalue weighted by Gasteiger charge is 2.39. The van der Waals surface area contributed by atoms with Crippen LogP contribution < -0.4 is 39.8 Å². The zero-order valence-corrected chi connectivity index (χ0v) is 42.3. The van der Waals surface area contributed by atoms with Crippen LogP contribution in [0.2, 0.25) is 0 Å². The molecule has 5 aromatic rings. The first kappa shape index (κ1) is 54.1. The van der Waals surface area contributed by atoms with Crippen LogP contribution in [0, 0.1) is 5.92 Å². The van der Waals surface area contributed by atoms with Crippen molar-refractivity contribution in [1.29, 1.82) is 0 Å². The smallest absolute Gasteiger partial charge is 0.407 e. The maximum absolute atomic E-state index is 16.1. The molecule has 72 heavy (non-hydrogen) atoms. The number of anilines is 1. The number of carbonyl (C=O) groups is 3. The van der Waals surface area contributed by atoms with E-state index in [0.29, 0.717) is 60.9 Å². The Hall–Kier alpha value is -7.22. The molecule has 0 saturated carbocycles. The summed E-state index contributed by atoms with van der Waals surface area (Å²) in [6.07, 6.45) is -2.57. The molecule has 1 atom stereocenters. The number of hydrogen-bond donors (Lipinski definition) is 6. The fourth-order valence-corrected chi connectivity index (χ4v) is 11.3. The van der Waals surface area contributed by atoms with E-state index in [4.69, 9.17) is 18.9 Å². The highest BCUT2D eigenvalue weighted by atomic mass is 32.2. The molecule has 3 amide bonds. The minimum Gasteiger partial charge on any atom is -0.497 e. The molecule has 0 radical (unpaired) electrons. The average Bonchev–Trinajstić information content (AvgIpc) is 3.81. The normalized spacial score (nSPS) is 13.8. The summed E-state index contributed by atoms with van der Waals surface area (Å²) in [4.78, 5) is 37.4. The van der Waals surface area contributed by atoms with Gasteiger partial charge in [0.15, 0.2) is 0 Å². The van der Waals surface area contributed by atoms with Crippen molar-refractivity contribution >= 4 is 44.0 Å². The molecular weight excluding hydrogens is 977 g/mol. The predicted molar refractivity (Wildman–Crippen MR) is 263 cm³/mol. The number of alkyl carbamates (subject to hydrolysis) is 1. The summed E-state index contributed by atoms with van der Waals surface area (Å²) in [5.74, 6) is 1.41. The van der Waals surface area contributed by atoms with Gasteiger partial charge in [-0.25, -0.2) is 35.9 Å². The number of benzene rings is 4. The summed E-state index contributed by atoms with van der Waals surface area (Å²) < 4.78 is 86.8. The van der Waals surface area contributed by atoms with Gasteiger partial charge in [-0.1, -0.05) is 36.4 Å². The second-order valence-corrected chi connectivity index (χ2v) is 21.4. The molecule has 6 rings (SSSR count). The number of amides is 3. The van der Waals surface area contributed by atoms with Crippen LogP contribution in [-0.2, 0) is 44.4 Å². The number of rotatable bonds is 22. The van der Waals surface area contributed by atoms with Gasteiger partial charge in [0, 0.05) is 51.5 Å². The van der Waals surface area contributed by atoms with Gasteiger partial charge in [-0.05, 0) is 110 Å². The molecule has 6 N–H and O–H groups in total. The van der Waals surface area contributed by atoms with Crippen LogP contribution in [0.1, 0.15) is 50.3 Å². The number of hydrogen-bond acceptors (Lipinski definition) is 15. The van der Waals surface area contributed by atoms with Crippen molar-refractivity contribution in [3.05, 3.63) is 102 Å². The van der Waals surface area contributed by atoms with Gasteiger partial charge in [0.05, 0.1) is 39.5 Å². The fourth-order valence-electron chi connectivity index (χ4n) is 7.80. The van der Waals surface area contributed by atoms with Crippen molar-refractivity contribution in [1.82, 2.24) is 45.2 Å². The van der Waals surface area contributed by atoms with Crippen molar-refractivity contribution in [2.24, 2.45) is 5.92 Å². The molecule has 25 heteroatoms. The van der Waals surface area contributed by atoms with Crippen LogP contribution in [0.5, 0.6) is 17.2 Å². The zero-order chi connectivity index (χ0) is 52.2. The molecule has 0 bridgehead atoms. The topological polar surface area (TPSA) is 295 Å². The standard InChI is InChI=1S/C47H60N10O13S2/c1-47(2,3)70-46(62)49-25-31-21-23-55(24-22-31)39-19-20-40(71(63,64)50-27-35(51-45(60)61)26-48-44(58)59)42(41(39)43-52-54-57(53-43)30-34-11-17-38(69-6)18-12-34)72(65,66)56(28-32-7-13-36(67-4)14-8-32)29-33-9-15-37(68-5)16-10-33/h7-20,31,35,48,50-51H,21-30H2,1-6H3,(H,49,62)(H,58,59)(H,60,61)/t35-/m0/s1. The Balaban J connectivity index is 1.54. The molecule has 4 aromatic carbocycles. The van der Waals surface area contributed by atoms with E-state index in [9.17, 15) is 33.0 Å². The second kappa shape index (κ2) is 23.8. The lowest BCUT2D eigenvalue weighted by Gasteiger charge is -2.35. The van der Waals surface area contributed by atoms with E-state index in [2.05, 4.69) is 30.8 Å². The molecule has 388 valence electrons. The fraction of sp³-hybridized carbons (Fsp3) is 0.404. The van der Waals surface area contributed by atoms with Gasteiger partial charge in [-0.3, -0.25) is 0 Å². The lowest BCUT2D eigenvalue weighted by molar-refractivity contribution is 0.0516. The third-order valence-electron chi connectivity index (χ3n) is 11.4. The van der Waals surface area contributed by atoms with E-state index in [-0.39, 0.29) is 42.6 Å². The molecule has 0 aliphatic carbocycles. The van der Waals surface area contributed by atoms with Crippen molar-refractivity contribution in [3.8, 4) is 28.6 Å². The van der Waals surface area contributed by atoms with Crippen LogP contribution in [-0.4, -0.2) is 136 Å². The van der Waals surface area contributed by atoms with Crippen LogP contribution in [0.15, 0.2) is 94.7 Å². The van der Waals surface area contributed by atoms with Crippen molar-refractivity contribution in [3.63, 3.8) is 0 Å². The Morgan fingerprint density at radius 2 is 1.29 bits per heavy atom. The predicted octanol–water partition coefficient (Wildman–Crippen LogP) is 4.73. The van der Waals surface area contributed by atoms with Crippen LogP contribution in [0.3, 0.4) is 0 Å². The number of piperidine rings is 1. The SMILES string of the molecule is COc1ccc(CN(Cc2ccc(OC)cc2)S(=O)(=O)c2c(S(=O)(=O)NC[C@H](CNC(=O)O)NC(=O)O)ccc(N3CCC(CNC(=O)OC(C)(C)C)CC3)c2-c2nnn(Cc3ccc(OC)cc3)n2)cc1. The van der Waals surface area contributed by atoms with Gasteiger partial charge in [-0.15, -0.1) is 10.2 Å². The molecule has 1 aliphatic rings. The summed E-state index contributed by atoms with van der Waals surface area (Å²) in [6.45, 7) is 4.56. The largest absolute Gasteiger partial charge is 0.497 e. The van der Waals surface area contributed by atoms with Gasteiger partial charge in [-0.2, -0.15) is 9.10 Å². The molecule has 1 saturated heterocycles. The molecule has 23 nitrogen and oxygen atoms in total. The number of tetrazole rings is 1. The number of ether oxygens (including phenoxy) is 4. The number of aromatic nitrogens is 4. The first-order valence-electron chi connectivity index (χ1n) is 22.7. The Morgan fingerprint density at radius 3 is 1.79 bits per heavy atom. The first-order valence-corrected chi connectivity index (χ1v) is 25.6.